The average molecular weight is 204 g/mol. The Morgan fingerprint density at radius 1 is 1.33 bits per heavy atom. The van der Waals surface area contributed by atoms with Crippen molar-refractivity contribution in [2.24, 2.45) is 11.8 Å². The van der Waals surface area contributed by atoms with Gasteiger partial charge in [-0.15, -0.1) is 0 Å². The van der Waals surface area contributed by atoms with Gasteiger partial charge in [0.05, 0.1) is 0 Å². The second-order valence-electron chi connectivity index (χ2n) is 5.23. The van der Waals surface area contributed by atoms with Gasteiger partial charge in [-0.1, -0.05) is 17.7 Å². The molecule has 0 aromatic carbocycles. The highest BCUT2D eigenvalue weighted by Gasteiger charge is 2.35. The smallest absolute Gasteiger partial charge is 0.159 e. The van der Waals surface area contributed by atoms with E-state index in [-0.39, 0.29) is 0 Å². The van der Waals surface area contributed by atoms with Crippen molar-refractivity contribution in [3.8, 4) is 0 Å². The molecule has 2 aliphatic carbocycles. The van der Waals surface area contributed by atoms with Gasteiger partial charge in [0.1, 0.15) is 0 Å². The molecule has 0 aromatic rings. The monoisotopic (exact) mass is 204 g/mol. The highest BCUT2D eigenvalue weighted by molar-refractivity contribution is 5.97. The zero-order chi connectivity index (χ0) is 11.0. The van der Waals surface area contributed by atoms with Gasteiger partial charge < -0.3 is 0 Å². The molecule has 2 fully saturated rings. The maximum Gasteiger partial charge on any atom is 0.159 e. The van der Waals surface area contributed by atoms with Crippen molar-refractivity contribution >= 4 is 5.78 Å². The molecule has 0 aliphatic heterocycles. The van der Waals surface area contributed by atoms with Crippen LogP contribution in [0.2, 0.25) is 0 Å². The van der Waals surface area contributed by atoms with Crippen LogP contribution in [-0.4, -0.2) is 5.78 Å². The molecule has 0 saturated heterocycles. The number of allylic oxidation sites excluding steroid dienone is 3. The van der Waals surface area contributed by atoms with E-state index < -0.39 is 0 Å². The van der Waals surface area contributed by atoms with Crippen LogP contribution in [0.5, 0.6) is 0 Å². The molecule has 0 aromatic heterocycles. The summed E-state index contributed by atoms with van der Waals surface area (Å²) in [5, 5.41) is 0. The van der Waals surface area contributed by atoms with Gasteiger partial charge in [-0.05, 0) is 56.9 Å². The van der Waals surface area contributed by atoms with E-state index in [0.717, 1.165) is 18.4 Å². The highest BCUT2D eigenvalue weighted by atomic mass is 16.1. The second kappa shape index (κ2) is 3.96. The standard InChI is InChI=1S/C14H20O/c1-9(2)12-8-13-10(3)5-4-6-11(13)7-14(12)15/h11,13H,3-8H2,1-2H3. The van der Waals surface area contributed by atoms with Crippen molar-refractivity contribution in [1.29, 1.82) is 0 Å². The van der Waals surface area contributed by atoms with E-state index >= 15 is 0 Å². The van der Waals surface area contributed by atoms with Gasteiger partial charge in [0, 0.05) is 6.42 Å². The number of hydrogen-bond donors (Lipinski definition) is 0. The summed E-state index contributed by atoms with van der Waals surface area (Å²) in [7, 11) is 0. The lowest BCUT2D eigenvalue weighted by molar-refractivity contribution is -0.118. The number of carbonyl (C=O) groups excluding carboxylic acids is 1. The van der Waals surface area contributed by atoms with Crippen molar-refractivity contribution < 1.29 is 4.79 Å². The van der Waals surface area contributed by atoms with Gasteiger partial charge in [-0.2, -0.15) is 0 Å². The molecule has 0 N–H and O–H groups in total. The lowest BCUT2D eigenvalue weighted by Crippen LogP contribution is -2.31. The van der Waals surface area contributed by atoms with Gasteiger partial charge in [0.25, 0.3) is 0 Å². The van der Waals surface area contributed by atoms with Crippen LogP contribution in [0.4, 0.5) is 0 Å². The molecule has 0 amide bonds. The normalized spacial score (nSPS) is 31.5. The van der Waals surface area contributed by atoms with E-state index in [4.69, 9.17) is 0 Å². The molecule has 1 nitrogen and oxygen atoms in total. The zero-order valence-corrected chi connectivity index (χ0v) is 9.81. The Morgan fingerprint density at radius 3 is 2.73 bits per heavy atom. The molecule has 1 heteroatoms. The maximum atomic E-state index is 11.9. The molecule has 0 radical (unpaired) electrons. The minimum absolute atomic E-state index is 0.394. The molecule has 2 unspecified atom stereocenters. The number of hydrogen-bond acceptors (Lipinski definition) is 1. The van der Waals surface area contributed by atoms with E-state index in [2.05, 4.69) is 20.4 Å². The van der Waals surface area contributed by atoms with E-state index in [1.807, 2.05) is 0 Å². The van der Waals surface area contributed by atoms with Crippen LogP contribution in [-0.2, 0) is 4.79 Å². The Balaban J connectivity index is 2.24. The Labute approximate surface area is 92.3 Å². The van der Waals surface area contributed by atoms with Crippen LogP contribution in [0.1, 0.15) is 46.0 Å². The van der Waals surface area contributed by atoms with Gasteiger partial charge >= 0.3 is 0 Å². The molecular weight excluding hydrogens is 184 g/mol. The molecule has 0 bridgehead atoms. The fraction of sp³-hybridized carbons (Fsp3) is 0.643. The number of Topliss-reactive ketones (excluding diaryl/α,β-unsaturated/α-hetero) is 1. The fourth-order valence-corrected chi connectivity index (χ4v) is 3.04. The Hall–Kier alpha value is -0.850. The largest absolute Gasteiger partial charge is 0.295 e. The van der Waals surface area contributed by atoms with Crippen LogP contribution in [0.25, 0.3) is 0 Å². The number of rotatable bonds is 0. The molecule has 0 heterocycles. The third-order valence-corrected chi connectivity index (χ3v) is 3.98. The van der Waals surface area contributed by atoms with Gasteiger partial charge in [-0.3, -0.25) is 4.79 Å². The van der Waals surface area contributed by atoms with E-state index in [9.17, 15) is 4.79 Å². The molecule has 2 saturated carbocycles. The SMILES string of the molecule is C=C1CCCC2CC(=O)C(=C(C)C)CC12. The topological polar surface area (TPSA) is 17.1 Å². The summed E-state index contributed by atoms with van der Waals surface area (Å²) in [4.78, 5) is 11.9. The molecule has 2 aliphatic rings. The van der Waals surface area contributed by atoms with Crippen molar-refractivity contribution in [1.82, 2.24) is 0 Å². The third kappa shape index (κ3) is 1.92. The van der Waals surface area contributed by atoms with E-state index in [1.165, 1.54) is 30.4 Å². The Bertz CT molecular complexity index is 331. The van der Waals surface area contributed by atoms with Crippen LogP contribution < -0.4 is 0 Å². The first kappa shape index (κ1) is 10.7. The number of ketones is 1. The lowest BCUT2D eigenvalue weighted by Gasteiger charge is -2.37. The van der Waals surface area contributed by atoms with Crippen LogP contribution in [0, 0.1) is 11.8 Å². The van der Waals surface area contributed by atoms with Gasteiger partial charge in [0.2, 0.25) is 0 Å². The minimum atomic E-state index is 0.394. The summed E-state index contributed by atoms with van der Waals surface area (Å²) in [6, 6.07) is 0. The Morgan fingerprint density at radius 2 is 2.07 bits per heavy atom. The summed E-state index contributed by atoms with van der Waals surface area (Å²) < 4.78 is 0. The summed E-state index contributed by atoms with van der Waals surface area (Å²) >= 11 is 0. The first-order valence-electron chi connectivity index (χ1n) is 5.97. The molecule has 82 valence electrons. The zero-order valence-electron chi connectivity index (χ0n) is 9.81. The highest BCUT2D eigenvalue weighted by Crippen LogP contribution is 2.43. The average Bonchev–Trinajstić information content (AvgIpc) is 2.16. The molecule has 2 atom stereocenters. The van der Waals surface area contributed by atoms with Crippen LogP contribution >= 0.6 is 0 Å². The summed E-state index contributed by atoms with van der Waals surface area (Å²) in [6.45, 7) is 8.29. The number of fused-ring (bicyclic) bond motifs is 1. The number of carbonyl (C=O) groups is 1. The molecule has 0 spiro atoms. The first-order valence-corrected chi connectivity index (χ1v) is 5.97. The molecular formula is C14H20O. The lowest BCUT2D eigenvalue weighted by atomic mass is 9.66. The van der Waals surface area contributed by atoms with Gasteiger partial charge in [-0.25, -0.2) is 0 Å². The maximum absolute atomic E-state index is 11.9. The van der Waals surface area contributed by atoms with E-state index in [0.29, 0.717) is 17.6 Å². The predicted octanol–water partition coefficient (Wildman–Crippen LogP) is 3.66. The Kier molecular flexibility index (Phi) is 2.81. The van der Waals surface area contributed by atoms with Crippen LogP contribution in [0.3, 0.4) is 0 Å². The molecule has 2 rings (SSSR count). The van der Waals surface area contributed by atoms with Crippen LogP contribution in [0.15, 0.2) is 23.3 Å². The summed E-state index contributed by atoms with van der Waals surface area (Å²) in [5.41, 5.74) is 3.67. The second-order valence-corrected chi connectivity index (χ2v) is 5.23. The minimum Gasteiger partial charge on any atom is -0.295 e. The predicted molar refractivity (Wildman–Crippen MR) is 62.6 cm³/mol. The quantitative estimate of drug-likeness (QED) is 0.435. The van der Waals surface area contributed by atoms with Crippen molar-refractivity contribution in [3.63, 3.8) is 0 Å². The third-order valence-electron chi connectivity index (χ3n) is 3.98. The first-order chi connectivity index (χ1) is 7.09. The summed E-state index contributed by atoms with van der Waals surface area (Å²) in [6.07, 6.45) is 5.36. The summed E-state index contributed by atoms with van der Waals surface area (Å²) in [5.74, 6) is 1.59. The van der Waals surface area contributed by atoms with Crippen molar-refractivity contribution in [3.05, 3.63) is 23.3 Å². The van der Waals surface area contributed by atoms with Gasteiger partial charge in [0.15, 0.2) is 5.78 Å². The van der Waals surface area contributed by atoms with Crippen molar-refractivity contribution in [2.75, 3.05) is 0 Å². The van der Waals surface area contributed by atoms with E-state index in [1.54, 1.807) is 0 Å². The molecule has 15 heavy (non-hydrogen) atoms. The van der Waals surface area contributed by atoms with Crippen molar-refractivity contribution in [2.45, 2.75) is 46.0 Å². The fourth-order valence-electron chi connectivity index (χ4n) is 3.04.